The molecule has 2 unspecified atom stereocenters. The number of carbonyl (C=O) groups is 1. The van der Waals surface area contributed by atoms with Crippen LogP contribution in [-0.2, 0) is 11.3 Å². The Bertz CT molecular complexity index is 463. The van der Waals surface area contributed by atoms with Crippen molar-refractivity contribution in [1.29, 1.82) is 0 Å². The first-order valence-electron chi connectivity index (χ1n) is 6.80. The van der Waals surface area contributed by atoms with E-state index < -0.39 is 0 Å². The van der Waals surface area contributed by atoms with Gasteiger partial charge in [0.25, 0.3) is 0 Å². The highest BCUT2D eigenvalue weighted by molar-refractivity contribution is 5.85. The Kier molecular flexibility index (Phi) is 5.96. The third-order valence-corrected chi connectivity index (χ3v) is 3.75. The van der Waals surface area contributed by atoms with E-state index in [2.05, 4.69) is 0 Å². The molecule has 0 aliphatic heterocycles. The summed E-state index contributed by atoms with van der Waals surface area (Å²) < 4.78 is 13.7. The Morgan fingerprint density at radius 2 is 2.00 bits per heavy atom. The van der Waals surface area contributed by atoms with Crippen molar-refractivity contribution in [3.63, 3.8) is 0 Å². The minimum atomic E-state index is -0.255. The number of halogens is 2. The molecule has 1 fully saturated rings. The van der Waals surface area contributed by atoms with Gasteiger partial charge in [-0.15, -0.1) is 12.4 Å². The second kappa shape index (κ2) is 7.04. The van der Waals surface area contributed by atoms with Gasteiger partial charge in [-0.1, -0.05) is 25.1 Å². The first-order valence-corrected chi connectivity index (χ1v) is 6.80. The third kappa shape index (κ3) is 3.93. The molecule has 1 aromatic carbocycles. The molecular weight excluding hydrogens is 279 g/mol. The molecule has 1 aliphatic rings. The molecular formula is C15H22ClFN2O. The van der Waals surface area contributed by atoms with Gasteiger partial charge in [-0.2, -0.15) is 0 Å². The molecule has 2 rings (SSSR count). The summed E-state index contributed by atoms with van der Waals surface area (Å²) in [5.74, 6) is -0.456. The van der Waals surface area contributed by atoms with Crippen LogP contribution >= 0.6 is 12.4 Å². The molecule has 1 saturated carbocycles. The van der Waals surface area contributed by atoms with Gasteiger partial charge in [-0.05, 0) is 25.8 Å². The molecule has 0 heterocycles. The number of amides is 1. The summed E-state index contributed by atoms with van der Waals surface area (Å²) in [6, 6.07) is 6.69. The van der Waals surface area contributed by atoms with Gasteiger partial charge in [0.2, 0.25) is 5.91 Å². The number of hydrogen-bond acceptors (Lipinski definition) is 2. The summed E-state index contributed by atoms with van der Waals surface area (Å²) in [4.78, 5) is 14.2. The van der Waals surface area contributed by atoms with Gasteiger partial charge in [0.15, 0.2) is 0 Å². The molecule has 1 aromatic rings. The maximum absolute atomic E-state index is 13.7. The van der Waals surface area contributed by atoms with Gasteiger partial charge < -0.3 is 10.6 Å². The lowest BCUT2D eigenvalue weighted by Crippen LogP contribution is -2.42. The summed E-state index contributed by atoms with van der Waals surface area (Å²) in [5, 5.41) is 0. The predicted octanol–water partition coefficient (Wildman–Crippen LogP) is 2.72. The van der Waals surface area contributed by atoms with Crippen LogP contribution in [0.25, 0.3) is 0 Å². The molecule has 1 aliphatic carbocycles. The Labute approximate surface area is 125 Å². The highest BCUT2D eigenvalue weighted by Crippen LogP contribution is 2.30. The largest absolute Gasteiger partial charge is 0.335 e. The van der Waals surface area contributed by atoms with Crippen molar-refractivity contribution < 1.29 is 9.18 Å². The Balaban J connectivity index is 0.00000200. The van der Waals surface area contributed by atoms with Crippen molar-refractivity contribution in [3.8, 4) is 0 Å². The summed E-state index contributed by atoms with van der Waals surface area (Å²) in [6.45, 7) is 4.01. The van der Waals surface area contributed by atoms with Crippen molar-refractivity contribution >= 4 is 18.3 Å². The quantitative estimate of drug-likeness (QED) is 0.909. The molecule has 5 heteroatoms. The maximum Gasteiger partial charge on any atom is 0.227 e. The monoisotopic (exact) mass is 300 g/mol. The fraction of sp³-hybridized carbons (Fsp3) is 0.533. The van der Waals surface area contributed by atoms with Crippen LogP contribution in [-0.4, -0.2) is 22.9 Å². The Morgan fingerprint density at radius 3 is 2.50 bits per heavy atom. The predicted molar refractivity (Wildman–Crippen MR) is 80.0 cm³/mol. The van der Waals surface area contributed by atoms with E-state index in [4.69, 9.17) is 5.73 Å². The van der Waals surface area contributed by atoms with Crippen LogP contribution in [0.4, 0.5) is 4.39 Å². The Hall–Kier alpha value is -1.13. The lowest BCUT2D eigenvalue weighted by molar-refractivity contribution is -0.136. The molecule has 112 valence electrons. The first kappa shape index (κ1) is 16.9. The molecule has 1 amide bonds. The molecule has 0 radical (unpaired) electrons. The first-order chi connectivity index (χ1) is 9.00. The van der Waals surface area contributed by atoms with Crippen molar-refractivity contribution in [2.24, 2.45) is 11.7 Å². The highest BCUT2D eigenvalue weighted by Gasteiger charge is 2.35. The van der Waals surface area contributed by atoms with E-state index in [1.165, 1.54) is 6.07 Å². The average Bonchev–Trinajstić information content (AvgIpc) is 3.20. The van der Waals surface area contributed by atoms with E-state index in [1.54, 1.807) is 23.1 Å². The molecule has 20 heavy (non-hydrogen) atoms. The zero-order valence-corrected chi connectivity index (χ0v) is 12.7. The van der Waals surface area contributed by atoms with Gasteiger partial charge in [-0.3, -0.25) is 4.79 Å². The van der Waals surface area contributed by atoms with Gasteiger partial charge >= 0.3 is 0 Å². The van der Waals surface area contributed by atoms with Crippen LogP contribution in [0, 0.1) is 11.7 Å². The molecule has 3 nitrogen and oxygen atoms in total. The molecule has 0 bridgehead atoms. The van der Waals surface area contributed by atoms with Gasteiger partial charge in [-0.25, -0.2) is 4.39 Å². The number of nitrogens with two attached hydrogens (primary N) is 1. The lowest BCUT2D eigenvalue weighted by atomic mass is 10.0. The summed E-state index contributed by atoms with van der Waals surface area (Å²) >= 11 is 0. The molecule has 0 saturated heterocycles. The van der Waals surface area contributed by atoms with E-state index in [-0.39, 0.29) is 42.1 Å². The fourth-order valence-electron chi connectivity index (χ4n) is 2.07. The van der Waals surface area contributed by atoms with Crippen LogP contribution in [0.1, 0.15) is 32.3 Å². The van der Waals surface area contributed by atoms with Crippen LogP contribution < -0.4 is 5.73 Å². The number of rotatable bonds is 5. The number of nitrogens with zero attached hydrogens (tertiary/aromatic N) is 1. The second-order valence-corrected chi connectivity index (χ2v) is 5.44. The van der Waals surface area contributed by atoms with Crippen molar-refractivity contribution in [2.45, 2.75) is 45.3 Å². The zero-order chi connectivity index (χ0) is 14.0. The average molecular weight is 301 g/mol. The van der Waals surface area contributed by atoms with Gasteiger partial charge in [0.05, 0.1) is 5.92 Å². The van der Waals surface area contributed by atoms with Crippen molar-refractivity contribution in [2.75, 3.05) is 0 Å². The van der Waals surface area contributed by atoms with Crippen LogP contribution in [0.2, 0.25) is 0 Å². The molecule has 0 aromatic heterocycles. The highest BCUT2D eigenvalue weighted by atomic mass is 35.5. The topological polar surface area (TPSA) is 46.3 Å². The smallest absolute Gasteiger partial charge is 0.227 e. The standard InChI is InChI=1S/C15H21FN2O.ClH/c1-10(11(2)17)15(19)18(13-7-8-13)9-12-5-3-4-6-14(12)16;/h3-6,10-11,13H,7-9,17H2,1-2H3;1H. The summed E-state index contributed by atoms with van der Waals surface area (Å²) in [7, 11) is 0. The fourth-order valence-corrected chi connectivity index (χ4v) is 2.07. The van der Waals surface area contributed by atoms with Gasteiger partial charge in [0, 0.05) is 24.2 Å². The third-order valence-electron chi connectivity index (χ3n) is 3.75. The number of hydrogen-bond donors (Lipinski definition) is 1. The number of benzene rings is 1. The maximum atomic E-state index is 13.7. The number of carbonyl (C=O) groups excluding carboxylic acids is 1. The molecule has 0 spiro atoms. The van der Waals surface area contributed by atoms with E-state index in [1.807, 2.05) is 13.8 Å². The lowest BCUT2D eigenvalue weighted by Gasteiger charge is -2.27. The minimum Gasteiger partial charge on any atom is -0.335 e. The molecule has 2 atom stereocenters. The minimum absolute atomic E-state index is 0. The summed E-state index contributed by atoms with van der Waals surface area (Å²) in [5.41, 5.74) is 6.37. The van der Waals surface area contributed by atoms with Crippen LogP contribution in [0.15, 0.2) is 24.3 Å². The van der Waals surface area contributed by atoms with E-state index in [0.717, 1.165) is 12.8 Å². The Morgan fingerprint density at radius 1 is 1.40 bits per heavy atom. The van der Waals surface area contributed by atoms with Crippen molar-refractivity contribution in [3.05, 3.63) is 35.6 Å². The second-order valence-electron chi connectivity index (χ2n) is 5.44. The van der Waals surface area contributed by atoms with Crippen LogP contribution in [0.3, 0.4) is 0 Å². The van der Waals surface area contributed by atoms with Crippen molar-refractivity contribution in [1.82, 2.24) is 4.90 Å². The SMILES string of the molecule is CC(N)C(C)C(=O)N(Cc1ccccc1F)C1CC1.Cl. The van der Waals surface area contributed by atoms with E-state index in [0.29, 0.717) is 12.1 Å². The van der Waals surface area contributed by atoms with E-state index in [9.17, 15) is 9.18 Å². The molecule has 2 N–H and O–H groups in total. The normalized spacial score (nSPS) is 17.0. The van der Waals surface area contributed by atoms with Crippen LogP contribution in [0.5, 0.6) is 0 Å². The zero-order valence-electron chi connectivity index (χ0n) is 11.9. The summed E-state index contributed by atoms with van der Waals surface area (Å²) in [6.07, 6.45) is 2.01. The van der Waals surface area contributed by atoms with E-state index >= 15 is 0 Å². The van der Waals surface area contributed by atoms with Gasteiger partial charge in [0.1, 0.15) is 5.82 Å².